The number of nitrogens with one attached hydrogen (secondary N) is 1. The predicted molar refractivity (Wildman–Crippen MR) is 85.0 cm³/mol. The molecule has 0 unspecified atom stereocenters. The van der Waals surface area contributed by atoms with Crippen molar-refractivity contribution in [2.24, 2.45) is 5.11 Å². The maximum atomic E-state index is 11.7. The van der Waals surface area contributed by atoms with Crippen LogP contribution in [0.3, 0.4) is 0 Å². The Labute approximate surface area is 136 Å². The monoisotopic (exact) mass is 326 g/mol. The lowest BCUT2D eigenvalue weighted by Crippen LogP contribution is -2.42. The maximum Gasteiger partial charge on any atom is 0.408 e. The topological polar surface area (TPSA) is 124 Å². The third-order valence-electron chi connectivity index (χ3n) is 3.98. The van der Waals surface area contributed by atoms with E-state index >= 15 is 0 Å². The number of alkyl carbamates (subject to hydrolysis) is 1. The fourth-order valence-electron chi connectivity index (χ4n) is 2.70. The first-order valence-corrected chi connectivity index (χ1v) is 8.34. The van der Waals surface area contributed by atoms with Crippen molar-refractivity contribution >= 4 is 12.1 Å². The molecule has 0 spiro atoms. The van der Waals surface area contributed by atoms with Gasteiger partial charge >= 0.3 is 12.1 Å². The lowest BCUT2D eigenvalue weighted by atomic mass is 10.1. The zero-order valence-corrected chi connectivity index (χ0v) is 13.4. The zero-order valence-electron chi connectivity index (χ0n) is 13.4. The molecule has 0 heterocycles. The molecule has 130 valence electrons. The molecular formula is C15H26N4O4. The summed E-state index contributed by atoms with van der Waals surface area (Å²) >= 11 is 0. The third-order valence-corrected chi connectivity index (χ3v) is 3.98. The molecule has 0 aromatic carbocycles. The highest BCUT2D eigenvalue weighted by Gasteiger charge is 2.23. The minimum absolute atomic E-state index is 0.0690. The summed E-state index contributed by atoms with van der Waals surface area (Å²) in [6.45, 7) is 0.503. The molecule has 8 nitrogen and oxygen atoms in total. The molecule has 8 heteroatoms. The Morgan fingerprint density at radius 1 is 1.22 bits per heavy atom. The molecule has 1 saturated carbocycles. The van der Waals surface area contributed by atoms with Crippen LogP contribution in [-0.2, 0) is 9.53 Å². The summed E-state index contributed by atoms with van der Waals surface area (Å²) in [7, 11) is 0. The standard InChI is InChI=1S/C15H26N4O4/c16-19-17-11-7-3-1-2-4-10-13(14(20)21)18-15(22)23-12-8-5-6-9-12/h12-13H,1-11H2,(H,18,22)(H,20,21)/t13-/m0/s1. The van der Waals surface area contributed by atoms with Crippen molar-refractivity contribution < 1.29 is 19.4 Å². The van der Waals surface area contributed by atoms with E-state index in [1.807, 2.05) is 0 Å². The van der Waals surface area contributed by atoms with Gasteiger partial charge in [0.05, 0.1) is 0 Å². The molecule has 1 aliphatic carbocycles. The third kappa shape index (κ3) is 8.93. The molecule has 1 fully saturated rings. The largest absolute Gasteiger partial charge is 0.480 e. The van der Waals surface area contributed by atoms with Crippen LogP contribution in [0.4, 0.5) is 4.79 Å². The number of carboxylic acid groups (broad SMARTS) is 1. The molecule has 1 amide bonds. The molecule has 1 aliphatic rings. The van der Waals surface area contributed by atoms with Gasteiger partial charge in [-0.3, -0.25) is 0 Å². The van der Waals surface area contributed by atoms with Crippen LogP contribution in [-0.4, -0.2) is 35.9 Å². The van der Waals surface area contributed by atoms with Crippen molar-refractivity contribution in [2.45, 2.75) is 76.4 Å². The van der Waals surface area contributed by atoms with Gasteiger partial charge in [-0.05, 0) is 44.1 Å². The number of amides is 1. The van der Waals surface area contributed by atoms with Crippen molar-refractivity contribution in [2.75, 3.05) is 6.54 Å². The van der Waals surface area contributed by atoms with Gasteiger partial charge in [0.1, 0.15) is 12.1 Å². The van der Waals surface area contributed by atoms with Crippen LogP contribution in [0.15, 0.2) is 5.11 Å². The minimum atomic E-state index is -1.03. The van der Waals surface area contributed by atoms with Crippen LogP contribution < -0.4 is 5.32 Å². The molecular weight excluding hydrogens is 300 g/mol. The number of hydrogen-bond donors (Lipinski definition) is 2. The average molecular weight is 326 g/mol. The number of nitrogens with zero attached hydrogens (tertiary/aromatic N) is 3. The fourth-order valence-corrected chi connectivity index (χ4v) is 2.70. The SMILES string of the molecule is [N-]=[N+]=NCCCCCCC[C@H](NC(=O)OC1CCCC1)C(=O)O. The molecule has 1 atom stereocenters. The normalized spacial score (nSPS) is 15.7. The summed E-state index contributed by atoms with van der Waals surface area (Å²) in [5.41, 5.74) is 8.14. The Hall–Kier alpha value is -1.95. The molecule has 0 radical (unpaired) electrons. The Balaban J connectivity index is 2.14. The first-order chi connectivity index (χ1) is 11.1. The van der Waals surface area contributed by atoms with Gasteiger partial charge in [0.25, 0.3) is 0 Å². The highest BCUT2D eigenvalue weighted by Crippen LogP contribution is 2.21. The van der Waals surface area contributed by atoms with Crippen molar-refractivity contribution in [3.63, 3.8) is 0 Å². The van der Waals surface area contributed by atoms with E-state index in [-0.39, 0.29) is 6.10 Å². The number of hydrogen-bond acceptors (Lipinski definition) is 4. The van der Waals surface area contributed by atoms with E-state index in [2.05, 4.69) is 15.3 Å². The molecule has 2 N–H and O–H groups in total. The summed E-state index contributed by atoms with van der Waals surface area (Å²) in [5.74, 6) is -1.03. The van der Waals surface area contributed by atoms with Crippen molar-refractivity contribution in [3.8, 4) is 0 Å². The Morgan fingerprint density at radius 3 is 2.52 bits per heavy atom. The summed E-state index contributed by atoms with van der Waals surface area (Å²) in [6.07, 6.45) is 7.90. The highest BCUT2D eigenvalue weighted by atomic mass is 16.6. The van der Waals surface area contributed by atoms with Gasteiger partial charge in [-0.1, -0.05) is 30.8 Å². The summed E-state index contributed by atoms with van der Waals surface area (Å²) in [4.78, 5) is 25.6. The number of unbranched alkanes of at least 4 members (excludes halogenated alkanes) is 4. The van der Waals surface area contributed by atoms with E-state index in [1.165, 1.54) is 0 Å². The number of ether oxygens (including phenoxy) is 1. The lowest BCUT2D eigenvalue weighted by Gasteiger charge is -2.17. The number of aliphatic carboxylic acids is 1. The quantitative estimate of drug-likeness (QED) is 0.259. The van der Waals surface area contributed by atoms with Crippen molar-refractivity contribution in [1.29, 1.82) is 0 Å². The van der Waals surface area contributed by atoms with Crippen molar-refractivity contribution in [1.82, 2.24) is 5.32 Å². The number of azide groups is 1. The summed E-state index contributed by atoms with van der Waals surface area (Å²) < 4.78 is 5.22. The van der Waals surface area contributed by atoms with E-state index in [1.54, 1.807) is 0 Å². The van der Waals surface area contributed by atoms with E-state index in [0.717, 1.165) is 57.8 Å². The van der Waals surface area contributed by atoms with Gasteiger partial charge in [0.15, 0.2) is 0 Å². The lowest BCUT2D eigenvalue weighted by molar-refractivity contribution is -0.139. The van der Waals surface area contributed by atoms with E-state index < -0.39 is 18.1 Å². The van der Waals surface area contributed by atoms with E-state index in [0.29, 0.717) is 13.0 Å². The van der Waals surface area contributed by atoms with Crippen LogP contribution in [0, 0.1) is 0 Å². The average Bonchev–Trinajstić information content (AvgIpc) is 3.01. The van der Waals surface area contributed by atoms with Gasteiger partial charge < -0.3 is 15.2 Å². The second-order valence-corrected chi connectivity index (χ2v) is 5.86. The smallest absolute Gasteiger partial charge is 0.408 e. The Morgan fingerprint density at radius 2 is 1.87 bits per heavy atom. The molecule has 0 aromatic rings. The van der Waals surface area contributed by atoms with E-state index in [4.69, 9.17) is 15.4 Å². The van der Waals surface area contributed by atoms with Gasteiger partial charge in [0.2, 0.25) is 0 Å². The number of carboxylic acids is 1. The first-order valence-electron chi connectivity index (χ1n) is 8.34. The van der Waals surface area contributed by atoms with Gasteiger partial charge in [-0.25, -0.2) is 9.59 Å². The van der Waals surface area contributed by atoms with Crippen LogP contribution in [0.25, 0.3) is 10.4 Å². The minimum Gasteiger partial charge on any atom is -0.480 e. The number of carbonyl (C=O) groups is 2. The second-order valence-electron chi connectivity index (χ2n) is 5.86. The Bertz CT molecular complexity index is 418. The van der Waals surface area contributed by atoms with Gasteiger partial charge in [-0.2, -0.15) is 0 Å². The van der Waals surface area contributed by atoms with E-state index in [9.17, 15) is 9.59 Å². The molecule has 23 heavy (non-hydrogen) atoms. The summed E-state index contributed by atoms with van der Waals surface area (Å²) in [6, 6.07) is -0.896. The number of rotatable bonds is 11. The molecule has 0 bridgehead atoms. The first kappa shape index (κ1) is 19.1. The zero-order chi connectivity index (χ0) is 16.9. The number of carbonyl (C=O) groups excluding carboxylic acids is 1. The molecule has 0 aliphatic heterocycles. The highest BCUT2D eigenvalue weighted by molar-refractivity contribution is 5.79. The van der Waals surface area contributed by atoms with Gasteiger partial charge in [-0.15, -0.1) is 0 Å². The van der Waals surface area contributed by atoms with Crippen LogP contribution in [0.1, 0.15) is 64.2 Å². The molecule has 0 aromatic heterocycles. The predicted octanol–water partition coefficient (Wildman–Crippen LogP) is 3.76. The fraction of sp³-hybridized carbons (Fsp3) is 0.867. The van der Waals surface area contributed by atoms with Gasteiger partial charge in [0, 0.05) is 11.5 Å². The second kappa shape index (κ2) is 11.6. The molecule has 0 saturated heterocycles. The Kier molecular flexibility index (Phi) is 9.63. The van der Waals surface area contributed by atoms with Crippen LogP contribution in [0.5, 0.6) is 0 Å². The molecule has 1 rings (SSSR count). The summed E-state index contributed by atoms with van der Waals surface area (Å²) in [5, 5.41) is 15.1. The van der Waals surface area contributed by atoms with Crippen LogP contribution in [0.2, 0.25) is 0 Å². The van der Waals surface area contributed by atoms with Crippen molar-refractivity contribution in [3.05, 3.63) is 10.4 Å². The maximum absolute atomic E-state index is 11.7. The van der Waals surface area contributed by atoms with Crippen LogP contribution >= 0.6 is 0 Å².